The van der Waals surface area contributed by atoms with E-state index < -0.39 is 11.9 Å². The van der Waals surface area contributed by atoms with E-state index in [2.05, 4.69) is 15.9 Å². The number of aliphatic hydroxyl groups excluding tert-OH is 1. The first-order valence-corrected chi connectivity index (χ1v) is 4.84. The quantitative estimate of drug-likeness (QED) is 0.760. The van der Waals surface area contributed by atoms with Crippen molar-refractivity contribution in [1.29, 1.82) is 0 Å². The lowest BCUT2D eigenvalue weighted by atomic mass is 10.0. The predicted molar refractivity (Wildman–Crippen MR) is 54.5 cm³/mol. The van der Waals surface area contributed by atoms with Crippen LogP contribution in [-0.4, -0.2) is 16.8 Å². The van der Waals surface area contributed by atoms with Crippen LogP contribution in [0.15, 0.2) is 10.5 Å². The highest BCUT2D eigenvalue weighted by molar-refractivity contribution is 9.10. The molecule has 1 rings (SSSR count). The molecule has 1 atom stereocenters. The van der Waals surface area contributed by atoms with Crippen LogP contribution in [0, 0.1) is 12.7 Å². The zero-order valence-electron chi connectivity index (χ0n) is 7.59. The highest BCUT2D eigenvalue weighted by Crippen LogP contribution is 2.35. The van der Waals surface area contributed by atoms with E-state index in [1.165, 1.54) is 6.92 Å². The molecule has 5 heteroatoms. The molecule has 0 aromatic heterocycles. The Morgan fingerprint density at radius 1 is 1.64 bits per heavy atom. The fourth-order valence-corrected chi connectivity index (χ4v) is 1.66. The normalized spacial score (nSPS) is 12.9. The molecule has 0 aliphatic heterocycles. The maximum absolute atomic E-state index is 13.2. The van der Waals surface area contributed by atoms with Gasteiger partial charge in [0.1, 0.15) is 11.6 Å². The van der Waals surface area contributed by atoms with Crippen LogP contribution >= 0.6 is 15.9 Å². The van der Waals surface area contributed by atoms with Crippen molar-refractivity contribution in [1.82, 2.24) is 0 Å². The Labute approximate surface area is 89.5 Å². The van der Waals surface area contributed by atoms with Crippen molar-refractivity contribution in [2.24, 2.45) is 5.73 Å². The van der Waals surface area contributed by atoms with E-state index in [1.807, 2.05) is 0 Å². The topological polar surface area (TPSA) is 66.5 Å². The molecule has 3 nitrogen and oxygen atoms in total. The van der Waals surface area contributed by atoms with Crippen LogP contribution in [0.4, 0.5) is 4.39 Å². The Hall–Kier alpha value is -0.650. The Morgan fingerprint density at radius 3 is 2.71 bits per heavy atom. The molecule has 0 radical (unpaired) electrons. The molecule has 0 saturated carbocycles. The molecule has 1 aromatic rings. The third-order valence-corrected chi connectivity index (χ3v) is 2.66. The van der Waals surface area contributed by atoms with Crippen molar-refractivity contribution < 1.29 is 14.6 Å². The summed E-state index contributed by atoms with van der Waals surface area (Å²) in [6.07, 6.45) is -1.05. The number of hydrogen-bond donors (Lipinski definition) is 3. The van der Waals surface area contributed by atoms with Gasteiger partial charge in [-0.1, -0.05) is 0 Å². The summed E-state index contributed by atoms with van der Waals surface area (Å²) in [7, 11) is 0. The van der Waals surface area contributed by atoms with Gasteiger partial charge in [0.2, 0.25) is 0 Å². The van der Waals surface area contributed by atoms with E-state index in [0.717, 1.165) is 6.07 Å². The molecule has 0 heterocycles. The van der Waals surface area contributed by atoms with E-state index in [1.54, 1.807) is 0 Å². The van der Waals surface area contributed by atoms with Crippen molar-refractivity contribution in [3.8, 4) is 5.75 Å². The molecule has 0 amide bonds. The standard InChI is InChI=1S/C9H11BrFNO2/c1-4-6(11)2-5(10)9(14)8(4)7(13)3-12/h2,7,13-14H,3,12H2,1H3. The zero-order chi connectivity index (χ0) is 10.9. The van der Waals surface area contributed by atoms with E-state index in [4.69, 9.17) is 5.73 Å². The molecule has 1 aromatic carbocycles. The third-order valence-electron chi connectivity index (χ3n) is 2.05. The minimum Gasteiger partial charge on any atom is -0.506 e. The summed E-state index contributed by atoms with van der Waals surface area (Å²) in [4.78, 5) is 0. The van der Waals surface area contributed by atoms with Crippen LogP contribution in [-0.2, 0) is 0 Å². The summed E-state index contributed by atoms with van der Waals surface area (Å²) in [5.41, 5.74) is 5.59. The summed E-state index contributed by atoms with van der Waals surface area (Å²) >= 11 is 2.99. The van der Waals surface area contributed by atoms with Crippen molar-refractivity contribution in [2.75, 3.05) is 6.54 Å². The lowest BCUT2D eigenvalue weighted by Crippen LogP contribution is -2.13. The van der Waals surface area contributed by atoms with Gasteiger partial charge in [0.15, 0.2) is 0 Å². The number of halogens is 2. The predicted octanol–water partition coefficient (Wildman–Crippen LogP) is 1.59. The van der Waals surface area contributed by atoms with E-state index >= 15 is 0 Å². The monoisotopic (exact) mass is 263 g/mol. The Bertz CT molecular complexity index is 331. The van der Waals surface area contributed by atoms with Gasteiger partial charge in [0, 0.05) is 12.1 Å². The number of phenols is 1. The number of benzene rings is 1. The van der Waals surface area contributed by atoms with Crippen molar-refractivity contribution >= 4 is 15.9 Å². The van der Waals surface area contributed by atoms with E-state index in [0.29, 0.717) is 0 Å². The minimum absolute atomic E-state index is 0.0652. The summed E-state index contributed by atoms with van der Waals surface area (Å²) in [5.74, 6) is -0.654. The van der Waals surface area contributed by atoms with Gasteiger partial charge in [-0.25, -0.2) is 4.39 Å². The molecule has 1 unspecified atom stereocenters. The Morgan fingerprint density at radius 2 is 2.21 bits per heavy atom. The molecule has 0 spiro atoms. The molecular formula is C9H11BrFNO2. The van der Waals surface area contributed by atoms with Crippen LogP contribution < -0.4 is 5.73 Å². The fourth-order valence-electron chi connectivity index (χ4n) is 1.25. The first-order chi connectivity index (χ1) is 6.49. The number of nitrogens with two attached hydrogens (primary N) is 1. The number of rotatable bonds is 2. The summed E-state index contributed by atoms with van der Waals surface area (Å²) < 4.78 is 13.4. The van der Waals surface area contributed by atoms with Crippen LogP contribution in [0.1, 0.15) is 17.2 Å². The molecule has 0 aliphatic carbocycles. The SMILES string of the molecule is Cc1c(F)cc(Br)c(O)c1C(O)CN. The average molecular weight is 264 g/mol. The molecule has 0 aliphatic rings. The highest BCUT2D eigenvalue weighted by Gasteiger charge is 2.19. The largest absolute Gasteiger partial charge is 0.506 e. The van der Waals surface area contributed by atoms with Crippen molar-refractivity contribution in [3.63, 3.8) is 0 Å². The summed E-state index contributed by atoms with van der Waals surface area (Å²) in [6, 6.07) is 1.15. The van der Waals surface area contributed by atoms with Crippen LogP contribution in [0.5, 0.6) is 5.75 Å². The lowest BCUT2D eigenvalue weighted by Gasteiger charge is -2.15. The first-order valence-electron chi connectivity index (χ1n) is 4.04. The van der Waals surface area contributed by atoms with Crippen molar-refractivity contribution in [2.45, 2.75) is 13.0 Å². The van der Waals surface area contributed by atoms with Gasteiger partial charge < -0.3 is 15.9 Å². The summed E-state index contributed by atoms with van der Waals surface area (Å²) in [5, 5.41) is 19.0. The van der Waals surface area contributed by atoms with Gasteiger partial charge in [0.05, 0.1) is 10.6 Å². The van der Waals surface area contributed by atoms with Crippen LogP contribution in [0.25, 0.3) is 0 Å². The first kappa shape index (κ1) is 11.4. The van der Waals surface area contributed by atoms with E-state index in [-0.39, 0.29) is 27.9 Å². The van der Waals surface area contributed by atoms with Gasteiger partial charge in [-0.15, -0.1) is 0 Å². The van der Waals surface area contributed by atoms with Gasteiger partial charge in [-0.3, -0.25) is 0 Å². The second-order valence-electron chi connectivity index (χ2n) is 2.98. The molecule has 78 valence electrons. The van der Waals surface area contributed by atoms with Gasteiger partial charge in [-0.05, 0) is 34.5 Å². The number of aromatic hydroxyl groups is 1. The second kappa shape index (κ2) is 4.25. The molecule has 0 bridgehead atoms. The van der Waals surface area contributed by atoms with E-state index in [9.17, 15) is 14.6 Å². The minimum atomic E-state index is -1.05. The van der Waals surface area contributed by atoms with Gasteiger partial charge in [-0.2, -0.15) is 0 Å². The Balaban J connectivity index is 3.39. The van der Waals surface area contributed by atoms with Gasteiger partial charge >= 0.3 is 0 Å². The number of hydrogen-bond acceptors (Lipinski definition) is 3. The molecule has 14 heavy (non-hydrogen) atoms. The fraction of sp³-hybridized carbons (Fsp3) is 0.333. The number of aliphatic hydroxyl groups is 1. The maximum atomic E-state index is 13.2. The zero-order valence-corrected chi connectivity index (χ0v) is 9.18. The van der Waals surface area contributed by atoms with Crippen molar-refractivity contribution in [3.05, 3.63) is 27.5 Å². The maximum Gasteiger partial charge on any atom is 0.136 e. The molecular weight excluding hydrogens is 253 g/mol. The third kappa shape index (κ3) is 1.89. The Kier molecular flexibility index (Phi) is 3.47. The average Bonchev–Trinajstić information content (AvgIpc) is 2.15. The molecule has 0 fully saturated rings. The highest BCUT2D eigenvalue weighted by atomic mass is 79.9. The number of phenolic OH excluding ortho intramolecular Hbond substituents is 1. The smallest absolute Gasteiger partial charge is 0.136 e. The summed E-state index contributed by atoms with van der Waals surface area (Å²) in [6.45, 7) is 1.42. The molecule has 0 saturated heterocycles. The molecule has 4 N–H and O–H groups in total. The lowest BCUT2D eigenvalue weighted by molar-refractivity contribution is 0.181. The second-order valence-corrected chi connectivity index (χ2v) is 3.83. The van der Waals surface area contributed by atoms with Gasteiger partial charge in [0.25, 0.3) is 0 Å². The van der Waals surface area contributed by atoms with Crippen LogP contribution in [0.2, 0.25) is 0 Å². The van der Waals surface area contributed by atoms with Crippen LogP contribution in [0.3, 0.4) is 0 Å².